The summed E-state index contributed by atoms with van der Waals surface area (Å²) in [5, 5.41) is 3.92. The Bertz CT molecular complexity index is 1320. The van der Waals surface area contributed by atoms with E-state index in [4.69, 9.17) is 0 Å². The Kier molecular flexibility index (Phi) is 5.01. The van der Waals surface area contributed by atoms with Crippen LogP contribution in [0.5, 0.6) is 0 Å². The molecule has 1 N–H and O–H groups in total. The molecule has 0 fully saturated rings. The van der Waals surface area contributed by atoms with Crippen molar-refractivity contribution in [1.82, 2.24) is 19.5 Å². The van der Waals surface area contributed by atoms with E-state index in [0.29, 0.717) is 5.56 Å². The van der Waals surface area contributed by atoms with Gasteiger partial charge in [-0.25, -0.2) is 15.0 Å². The molecule has 0 saturated carbocycles. The first kappa shape index (κ1) is 19.1. The number of benzene rings is 2. The van der Waals surface area contributed by atoms with Crippen LogP contribution in [0.15, 0.2) is 79.5 Å². The van der Waals surface area contributed by atoms with Crippen molar-refractivity contribution in [2.45, 2.75) is 13.5 Å². The minimum absolute atomic E-state index is 0.139. The van der Waals surface area contributed by atoms with Gasteiger partial charge in [0.05, 0.1) is 6.33 Å². The van der Waals surface area contributed by atoms with E-state index in [0.717, 1.165) is 44.3 Å². The number of rotatable bonds is 5. The van der Waals surface area contributed by atoms with E-state index in [1.54, 1.807) is 30.1 Å². The van der Waals surface area contributed by atoms with Crippen LogP contribution in [-0.2, 0) is 6.54 Å². The fraction of sp³-hybridized carbons (Fsp3) is 0.0833. The number of pyridine rings is 1. The monoisotopic (exact) mass is 425 g/mol. The van der Waals surface area contributed by atoms with Crippen molar-refractivity contribution < 1.29 is 4.79 Å². The van der Waals surface area contributed by atoms with Crippen LogP contribution in [0.25, 0.3) is 20.9 Å². The van der Waals surface area contributed by atoms with Crippen LogP contribution in [0.1, 0.15) is 21.5 Å². The summed E-state index contributed by atoms with van der Waals surface area (Å²) in [4.78, 5) is 26.8. The number of carbonyl (C=O) groups is 1. The molecule has 0 saturated heterocycles. The number of hydrogen-bond acceptors (Lipinski definition) is 5. The molecule has 0 unspecified atom stereocenters. The van der Waals surface area contributed by atoms with Crippen molar-refractivity contribution >= 4 is 33.3 Å². The number of imidazole rings is 1. The molecule has 0 atom stereocenters. The summed E-state index contributed by atoms with van der Waals surface area (Å²) in [6, 6.07) is 17.5. The van der Waals surface area contributed by atoms with Crippen LogP contribution in [0.4, 0.5) is 5.69 Å². The van der Waals surface area contributed by atoms with Crippen LogP contribution in [0, 0.1) is 6.92 Å². The largest absolute Gasteiger partial charge is 0.333 e. The van der Waals surface area contributed by atoms with Crippen molar-refractivity contribution in [2.24, 2.45) is 0 Å². The van der Waals surface area contributed by atoms with Gasteiger partial charge in [-0.3, -0.25) is 4.79 Å². The lowest BCUT2D eigenvalue weighted by Crippen LogP contribution is -2.13. The molecule has 0 aliphatic rings. The Labute approximate surface area is 183 Å². The van der Waals surface area contributed by atoms with E-state index in [-0.39, 0.29) is 5.91 Å². The second kappa shape index (κ2) is 8.12. The highest BCUT2D eigenvalue weighted by molar-refractivity contribution is 7.21. The molecule has 31 heavy (non-hydrogen) atoms. The lowest BCUT2D eigenvalue weighted by molar-refractivity contribution is 0.102. The highest BCUT2D eigenvalue weighted by Crippen LogP contribution is 2.31. The van der Waals surface area contributed by atoms with Gasteiger partial charge in [-0.05, 0) is 48.4 Å². The Morgan fingerprint density at radius 2 is 1.97 bits per heavy atom. The molecular weight excluding hydrogens is 406 g/mol. The summed E-state index contributed by atoms with van der Waals surface area (Å²) in [7, 11) is 0. The molecule has 0 bridgehead atoms. The van der Waals surface area contributed by atoms with Crippen LogP contribution in [-0.4, -0.2) is 25.4 Å². The fourth-order valence-electron chi connectivity index (χ4n) is 3.33. The summed E-state index contributed by atoms with van der Waals surface area (Å²) in [6.45, 7) is 2.70. The quantitative estimate of drug-likeness (QED) is 0.422. The molecule has 3 heterocycles. The second-order valence-corrected chi connectivity index (χ2v) is 8.24. The van der Waals surface area contributed by atoms with E-state index < -0.39 is 0 Å². The number of thiazole rings is 1. The second-order valence-electron chi connectivity index (χ2n) is 7.26. The number of carbonyl (C=O) groups excluding carboxylic acids is 1. The van der Waals surface area contributed by atoms with Gasteiger partial charge in [0.15, 0.2) is 0 Å². The van der Waals surface area contributed by atoms with Gasteiger partial charge in [0.1, 0.15) is 15.4 Å². The number of anilines is 1. The minimum atomic E-state index is -0.139. The Morgan fingerprint density at radius 3 is 2.74 bits per heavy atom. The maximum Gasteiger partial charge on any atom is 0.255 e. The van der Waals surface area contributed by atoms with Crippen molar-refractivity contribution in [1.29, 1.82) is 0 Å². The smallest absolute Gasteiger partial charge is 0.255 e. The standard InChI is InChI=1S/C24H19N5OS/c1-16-4-7-19(23-28-20-3-2-10-26-24(20)31-23)13-21(16)27-22(30)18-8-5-17(6-9-18)14-29-12-11-25-15-29/h2-13,15H,14H2,1H3,(H,27,30). The number of nitrogens with one attached hydrogen (secondary N) is 1. The number of hydrogen-bond donors (Lipinski definition) is 1. The zero-order valence-corrected chi connectivity index (χ0v) is 17.6. The van der Waals surface area contributed by atoms with Gasteiger partial charge in [-0.2, -0.15) is 0 Å². The molecule has 7 heteroatoms. The Hall–Kier alpha value is -3.84. The summed E-state index contributed by atoms with van der Waals surface area (Å²) in [5.74, 6) is -0.139. The van der Waals surface area contributed by atoms with E-state index >= 15 is 0 Å². The first-order chi connectivity index (χ1) is 15.2. The Balaban J connectivity index is 1.35. The van der Waals surface area contributed by atoms with Gasteiger partial charge >= 0.3 is 0 Å². The maximum atomic E-state index is 12.8. The van der Waals surface area contributed by atoms with E-state index in [1.165, 1.54) is 0 Å². The van der Waals surface area contributed by atoms with Crippen LogP contribution >= 0.6 is 11.3 Å². The van der Waals surface area contributed by atoms with Gasteiger partial charge in [-0.15, -0.1) is 0 Å². The molecule has 0 spiro atoms. The molecule has 6 nitrogen and oxygen atoms in total. The lowest BCUT2D eigenvalue weighted by atomic mass is 10.1. The molecule has 0 aliphatic carbocycles. The zero-order valence-electron chi connectivity index (χ0n) is 16.8. The average molecular weight is 426 g/mol. The van der Waals surface area contributed by atoms with E-state index in [9.17, 15) is 4.79 Å². The van der Waals surface area contributed by atoms with Gasteiger partial charge in [0.2, 0.25) is 0 Å². The molecular formula is C24H19N5OS. The number of aromatic nitrogens is 4. The number of fused-ring (bicyclic) bond motifs is 1. The predicted octanol–water partition coefficient (Wildman–Crippen LogP) is 5.16. The minimum Gasteiger partial charge on any atom is -0.333 e. The topological polar surface area (TPSA) is 72.7 Å². The van der Waals surface area contributed by atoms with Crippen LogP contribution in [0.3, 0.4) is 0 Å². The zero-order chi connectivity index (χ0) is 21.2. The molecule has 1 amide bonds. The predicted molar refractivity (Wildman–Crippen MR) is 123 cm³/mol. The summed E-state index contributed by atoms with van der Waals surface area (Å²) in [6.07, 6.45) is 7.21. The van der Waals surface area contributed by atoms with Crippen molar-refractivity contribution in [3.05, 3.63) is 96.2 Å². The number of aryl methyl sites for hydroxylation is 1. The van der Waals surface area contributed by atoms with E-state index in [2.05, 4.69) is 20.3 Å². The third kappa shape index (κ3) is 4.08. The summed E-state index contributed by atoms with van der Waals surface area (Å²) in [5.41, 5.74) is 5.33. The van der Waals surface area contributed by atoms with Crippen molar-refractivity contribution in [3.63, 3.8) is 0 Å². The first-order valence-electron chi connectivity index (χ1n) is 9.84. The normalized spacial score (nSPS) is 11.0. The molecule has 3 aromatic heterocycles. The molecule has 0 radical (unpaired) electrons. The molecule has 2 aromatic carbocycles. The molecule has 5 aromatic rings. The number of nitrogens with zero attached hydrogens (tertiary/aromatic N) is 4. The average Bonchev–Trinajstić information content (AvgIpc) is 3.45. The SMILES string of the molecule is Cc1ccc(-c2nc3cccnc3s2)cc1NC(=O)c1ccc(Cn2ccnc2)cc1. The highest BCUT2D eigenvalue weighted by atomic mass is 32.1. The van der Waals surface area contributed by atoms with Crippen LogP contribution in [0.2, 0.25) is 0 Å². The highest BCUT2D eigenvalue weighted by Gasteiger charge is 2.12. The van der Waals surface area contributed by atoms with Crippen LogP contribution < -0.4 is 5.32 Å². The first-order valence-corrected chi connectivity index (χ1v) is 10.7. The number of amides is 1. The van der Waals surface area contributed by atoms with E-state index in [1.807, 2.05) is 72.3 Å². The Morgan fingerprint density at radius 1 is 1.10 bits per heavy atom. The third-order valence-corrected chi connectivity index (χ3v) is 6.07. The van der Waals surface area contributed by atoms with Gasteiger partial charge < -0.3 is 9.88 Å². The van der Waals surface area contributed by atoms with Crippen molar-refractivity contribution in [2.75, 3.05) is 5.32 Å². The molecule has 152 valence electrons. The van der Waals surface area contributed by atoms with Crippen molar-refractivity contribution in [3.8, 4) is 10.6 Å². The van der Waals surface area contributed by atoms with Gasteiger partial charge in [0.25, 0.3) is 5.91 Å². The van der Waals surface area contributed by atoms with Gasteiger partial charge in [0, 0.05) is 41.9 Å². The molecule has 0 aliphatic heterocycles. The maximum absolute atomic E-state index is 12.8. The molecule has 5 rings (SSSR count). The summed E-state index contributed by atoms with van der Waals surface area (Å²) < 4.78 is 1.99. The van der Waals surface area contributed by atoms with Gasteiger partial charge in [-0.1, -0.05) is 35.6 Å². The third-order valence-electron chi connectivity index (χ3n) is 5.04. The lowest BCUT2D eigenvalue weighted by Gasteiger charge is -2.10. The summed E-state index contributed by atoms with van der Waals surface area (Å²) >= 11 is 1.54. The fourth-order valence-corrected chi connectivity index (χ4v) is 4.23.